The highest BCUT2D eigenvalue weighted by atomic mass is 16.7. The molecule has 0 aromatic rings. The summed E-state index contributed by atoms with van der Waals surface area (Å²) in [7, 11) is 0. The summed E-state index contributed by atoms with van der Waals surface area (Å²) < 4.78 is 10.0. The number of ether oxygens (including phenoxy) is 2. The van der Waals surface area contributed by atoms with Gasteiger partial charge in [-0.15, -0.1) is 0 Å². The van der Waals surface area contributed by atoms with Crippen LogP contribution >= 0.6 is 0 Å². The summed E-state index contributed by atoms with van der Waals surface area (Å²) in [5, 5.41) is 27.7. The molecule has 0 aromatic carbocycles. The molecule has 0 spiro atoms. The Morgan fingerprint density at radius 3 is 2.77 bits per heavy atom. The molecule has 0 radical (unpaired) electrons. The van der Waals surface area contributed by atoms with Crippen LogP contribution in [0, 0.1) is 0 Å². The molecule has 2 rings (SSSR count). The molecule has 6 nitrogen and oxygen atoms in total. The lowest BCUT2D eigenvalue weighted by atomic mass is 9.98. The summed E-state index contributed by atoms with van der Waals surface area (Å²) in [4.78, 5) is 3.79. The van der Waals surface area contributed by atoms with E-state index in [1.807, 2.05) is 0 Å². The number of fused-ring (bicyclic) bond motifs is 1. The molecule has 1 saturated heterocycles. The van der Waals surface area contributed by atoms with Gasteiger partial charge in [0.1, 0.15) is 24.4 Å². The van der Waals surface area contributed by atoms with Gasteiger partial charge in [-0.3, -0.25) is 0 Å². The predicted molar refractivity (Wildman–Crippen MR) is 41.1 cm³/mol. The summed E-state index contributed by atoms with van der Waals surface area (Å²) in [5.41, 5.74) is 0. The lowest BCUT2D eigenvalue weighted by Gasteiger charge is -2.36. The zero-order chi connectivity index (χ0) is 9.42. The molecule has 0 saturated carbocycles. The van der Waals surface area contributed by atoms with Crippen molar-refractivity contribution in [2.45, 2.75) is 30.6 Å². The minimum atomic E-state index is -1.12. The number of hydrogen-bond acceptors (Lipinski definition) is 6. The van der Waals surface area contributed by atoms with Gasteiger partial charge >= 0.3 is 0 Å². The first kappa shape index (κ1) is 8.89. The second kappa shape index (κ2) is 3.22. The van der Waals surface area contributed by atoms with Crippen molar-refractivity contribution >= 4 is 6.40 Å². The van der Waals surface area contributed by atoms with Gasteiger partial charge in [0.25, 0.3) is 0 Å². The molecule has 6 heteroatoms. The third-order valence-electron chi connectivity index (χ3n) is 2.28. The van der Waals surface area contributed by atoms with Crippen molar-refractivity contribution in [1.29, 1.82) is 0 Å². The Labute approximate surface area is 74.4 Å². The first-order valence-corrected chi connectivity index (χ1v) is 4.03. The second-order valence-corrected chi connectivity index (χ2v) is 3.09. The summed E-state index contributed by atoms with van der Waals surface area (Å²) >= 11 is 0. The molecular formula is C7H11NO5. The minimum Gasteiger partial charge on any atom is -0.452 e. The number of rotatable bonds is 1. The minimum absolute atomic E-state index is 0.356. The van der Waals surface area contributed by atoms with Gasteiger partial charge in [-0.05, 0) is 0 Å². The van der Waals surface area contributed by atoms with E-state index in [2.05, 4.69) is 4.99 Å². The average molecular weight is 189 g/mol. The van der Waals surface area contributed by atoms with E-state index >= 15 is 0 Å². The maximum Gasteiger partial charge on any atom is 0.226 e. The monoisotopic (exact) mass is 189 g/mol. The van der Waals surface area contributed by atoms with E-state index in [0.717, 1.165) is 0 Å². The highest BCUT2D eigenvalue weighted by Gasteiger charge is 2.46. The van der Waals surface area contributed by atoms with Crippen LogP contribution in [0.5, 0.6) is 0 Å². The quantitative estimate of drug-likeness (QED) is 0.437. The van der Waals surface area contributed by atoms with E-state index in [-0.39, 0.29) is 6.61 Å². The molecule has 0 unspecified atom stereocenters. The second-order valence-electron chi connectivity index (χ2n) is 3.09. The van der Waals surface area contributed by atoms with Crippen LogP contribution in [0.2, 0.25) is 0 Å². The molecule has 5 atom stereocenters. The van der Waals surface area contributed by atoms with Crippen molar-refractivity contribution in [3.8, 4) is 0 Å². The van der Waals surface area contributed by atoms with Gasteiger partial charge in [-0.2, -0.15) is 0 Å². The Hall–Kier alpha value is -0.690. The van der Waals surface area contributed by atoms with Crippen LogP contribution in [0.1, 0.15) is 0 Å². The lowest BCUT2D eigenvalue weighted by molar-refractivity contribution is -0.233. The highest BCUT2D eigenvalue weighted by molar-refractivity contribution is 5.50. The molecule has 2 aliphatic heterocycles. The molecule has 0 bridgehead atoms. The van der Waals surface area contributed by atoms with Crippen LogP contribution in [-0.4, -0.2) is 59.0 Å². The normalized spacial score (nSPS) is 48.7. The standard InChI is InChI=1S/C7H11NO5/c9-1-3-5(10)6(11)4-7(13-3)12-2-8-4/h2-7,9-11H,1H2/t3-,4-,5-,6-,7+/m1/s1. The summed E-state index contributed by atoms with van der Waals surface area (Å²) in [6.45, 7) is -0.356. The Balaban J connectivity index is 2.11. The van der Waals surface area contributed by atoms with Gasteiger partial charge in [0, 0.05) is 0 Å². The Kier molecular flexibility index (Phi) is 2.20. The smallest absolute Gasteiger partial charge is 0.226 e. The molecule has 1 fully saturated rings. The number of aliphatic imine (C=N–C) groups is 1. The van der Waals surface area contributed by atoms with Crippen molar-refractivity contribution in [2.75, 3.05) is 6.61 Å². The van der Waals surface area contributed by atoms with Gasteiger partial charge < -0.3 is 24.8 Å². The number of aliphatic hydroxyl groups is 3. The van der Waals surface area contributed by atoms with Crippen molar-refractivity contribution in [1.82, 2.24) is 0 Å². The van der Waals surface area contributed by atoms with Gasteiger partial charge in [0.05, 0.1) is 6.61 Å². The van der Waals surface area contributed by atoms with Crippen molar-refractivity contribution < 1.29 is 24.8 Å². The van der Waals surface area contributed by atoms with E-state index in [1.54, 1.807) is 0 Å². The van der Waals surface area contributed by atoms with Gasteiger partial charge in [-0.25, -0.2) is 4.99 Å². The van der Waals surface area contributed by atoms with Crippen LogP contribution in [0.4, 0.5) is 0 Å². The average Bonchev–Trinajstić information content (AvgIpc) is 2.59. The van der Waals surface area contributed by atoms with E-state index in [1.165, 1.54) is 6.40 Å². The fraction of sp³-hybridized carbons (Fsp3) is 0.857. The molecule has 0 aliphatic carbocycles. The molecule has 0 aromatic heterocycles. The molecular weight excluding hydrogens is 178 g/mol. The van der Waals surface area contributed by atoms with E-state index < -0.39 is 30.6 Å². The predicted octanol–water partition coefficient (Wildman–Crippen LogP) is -2.15. The van der Waals surface area contributed by atoms with Gasteiger partial charge in [0.15, 0.2) is 6.40 Å². The Bertz CT molecular complexity index is 221. The van der Waals surface area contributed by atoms with Crippen LogP contribution in [0.3, 0.4) is 0 Å². The topological polar surface area (TPSA) is 91.5 Å². The summed E-state index contributed by atoms with van der Waals surface area (Å²) in [5.74, 6) is 0. The highest BCUT2D eigenvalue weighted by Crippen LogP contribution is 2.26. The van der Waals surface area contributed by atoms with Crippen LogP contribution in [0.15, 0.2) is 4.99 Å². The fourth-order valence-corrected chi connectivity index (χ4v) is 1.50. The maximum atomic E-state index is 9.51. The zero-order valence-corrected chi connectivity index (χ0v) is 6.78. The van der Waals surface area contributed by atoms with Crippen molar-refractivity contribution in [3.05, 3.63) is 0 Å². The fourth-order valence-electron chi connectivity index (χ4n) is 1.50. The summed E-state index contributed by atoms with van der Waals surface area (Å²) in [6.07, 6.45) is -2.47. The van der Waals surface area contributed by atoms with Crippen molar-refractivity contribution in [3.63, 3.8) is 0 Å². The zero-order valence-electron chi connectivity index (χ0n) is 6.78. The van der Waals surface area contributed by atoms with Crippen LogP contribution in [-0.2, 0) is 9.47 Å². The van der Waals surface area contributed by atoms with Gasteiger partial charge in [-0.1, -0.05) is 0 Å². The number of aliphatic hydroxyl groups excluding tert-OH is 3. The first-order valence-electron chi connectivity index (χ1n) is 4.03. The third kappa shape index (κ3) is 1.31. The lowest BCUT2D eigenvalue weighted by Crippen LogP contribution is -2.56. The third-order valence-corrected chi connectivity index (χ3v) is 2.28. The molecule has 2 aliphatic rings. The van der Waals surface area contributed by atoms with Crippen LogP contribution < -0.4 is 0 Å². The van der Waals surface area contributed by atoms with Crippen molar-refractivity contribution in [2.24, 2.45) is 4.99 Å². The van der Waals surface area contributed by atoms with Crippen LogP contribution in [0.25, 0.3) is 0 Å². The molecule has 3 N–H and O–H groups in total. The number of hydrogen-bond donors (Lipinski definition) is 3. The molecule has 2 heterocycles. The molecule has 0 amide bonds. The molecule has 13 heavy (non-hydrogen) atoms. The Morgan fingerprint density at radius 2 is 2.08 bits per heavy atom. The van der Waals surface area contributed by atoms with E-state index in [0.29, 0.717) is 0 Å². The van der Waals surface area contributed by atoms with Gasteiger partial charge in [0.2, 0.25) is 6.29 Å². The van der Waals surface area contributed by atoms with E-state index in [4.69, 9.17) is 14.6 Å². The SMILES string of the molecule is OC[C@H]1O[C@@H]2OC=N[C@@H]2[C@@H](O)[C@@H]1O. The number of nitrogens with zero attached hydrogens (tertiary/aromatic N) is 1. The Morgan fingerprint density at radius 1 is 1.31 bits per heavy atom. The summed E-state index contributed by atoms with van der Waals surface area (Å²) in [6, 6.07) is -0.585. The molecule has 74 valence electrons. The largest absolute Gasteiger partial charge is 0.452 e. The first-order chi connectivity index (χ1) is 6.24. The van der Waals surface area contributed by atoms with E-state index in [9.17, 15) is 10.2 Å². The maximum absolute atomic E-state index is 9.51.